The highest BCUT2D eigenvalue weighted by Crippen LogP contribution is 2.38. The van der Waals surface area contributed by atoms with Crippen molar-refractivity contribution in [2.75, 3.05) is 6.61 Å². The Morgan fingerprint density at radius 2 is 2.10 bits per heavy atom. The molecule has 1 heterocycles. The molecule has 0 aliphatic carbocycles. The summed E-state index contributed by atoms with van der Waals surface area (Å²) in [7, 11) is 0. The molecule has 112 valence electrons. The van der Waals surface area contributed by atoms with E-state index in [2.05, 4.69) is 9.73 Å². The number of hydrogen-bond acceptors (Lipinski definition) is 5. The molecule has 1 aromatic rings. The molecule has 0 saturated heterocycles. The molecule has 5 nitrogen and oxygen atoms in total. The Bertz CT molecular complexity index is 610. The number of esters is 1. The monoisotopic (exact) mass is 301 g/mol. The van der Waals surface area contributed by atoms with Crippen LogP contribution < -0.4 is 4.74 Å². The normalized spacial score (nSPS) is 17.3. The minimum Gasteiger partial charge on any atom is -0.465 e. The quantitative estimate of drug-likeness (QED) is 0.636. The van der Waals surface area contributed by atoms with Gasteiger partial charge in [-0.3, -0.25) is 14.6 Å². The number of Topliss-reactive ketones (excluding diaryl/α,β-unsaturated/α-hetero) is 1. The Balaban J connectivity index is 2.36. The van der Waals surface area contributed by atoms with Crippen molar-refractivity contribution in [3.63, 3.8) is 0 Å². The average Bonchev–Trinajstić information content (AvgIpc) is 2.38. The first kappa shape index (κ1) is 15.0. The summed E-state index contributed by atoms with van der Waals surface area (Å²) in [5.41, 5.74) is -0.363. The molecule has 1 unspecified atom stereocenters. The molecule has 2 rings (SSSR count). The predicted octanol–water partition coefficient (Wildman–Crippen LogP) is 2.66. The summed E-state index contributed by atoms with van der Waals surface area (Å²) < 4.78 is 45.4. The minimum absolute atomic E-state index is 0.0839. The molecule has 0 bridgehead atoms. The second-order valence-corrected chi connectivity index (χ2v) is 4.07. The Hall–Kier alpha value is -2.38. The fourth-order valence-corrected chi connectivity index (χ4v) is 1.85. The van der Waals surface area contributed by atoms with E-state index in [4.69, 9.17) is 4.74 Å². The van der Waals surface area contributed by atoms with E-state index in [1.807, 2.05) is 0 Å². The SMILES string of the molecule is CCOC(=O)C1C=Nc2c(OC(F)(F)F)cccc2C1=O. The molecule has 0 radical (unpaired) electrons. The lowest BCUT2D eigenvalue weighted by molar-refractivity contribution is -0.274. The summed E-state index contributed by atoms with van der Waals surface area (Å²) in [6, 6.07) is 3.55. The first-order valence-corrected chi connectivity index (χ1v) is 5.97. The summed E-state index contributed by atoms with van der Waals surface area (Å²) in [6.45, 7) is 1.66. The summed E-state index contributed by atoms with van der Waals surface area (Å²) in [5.74, 6) is -3.31. The molecule has 1 aliphatic rings. The number of ether oxygens (including phenoxy) is 2. The summed E-state index contributed by atoms with van der Waals surface area (Å²) >= 11 is 0. The molecule has 0 fully saturated rings. The van der Waals surface area contributed by atoms with Crippen LogP contribution in [0, 0.1) is 5.92 Å². The maximum atomic E-state index is 12.3. The third-order valence-electron chi connectivity index (χ3n) is 2.67. The molecule has 0 spiro atoms. The van der Waals surface area contributed by atoms with E-state index in [1.165, 1.54) is 12.1 Å². The number of alkyl halides is 3. The minimum atomic E-state index is -4.90. The number of ketones is 1. The number of fused-ring (bicyclic) bond motifs is 1. The lowest BCUT2D eigenvalue weighted by Gasteiger charge is -2.19. The average molecular weight is 301 g/mol. The molecule has 1 aromatic carbocycles. The van der Waals surface area contributed by atoms with E-state index in [0.29, 0.717) is 0 Å². The van der Waals surface area contributed by atoms with Gasteiger partial charge in [0.05, 0.1) is 6.61 Å². The van der Waals surface area contributed by atoms with Crippen LogP contribution in [0.25, 0.3) is 0 Å². The Labute approximate surface area is 117 Å². The van der Waals surface area contributed by atoms with Crippen LogP contribution in [0.15, 0.2) is 23.2 Å². The first-order chi connectivity index (χ1) is 9.83. The number of nitrogens with zero attached hydrogens (tertiary/aromatic N) is 1. The van der Waals surface area contributed by atoms with E-state index in [1.54, 1.807) is 6.92 Å². The summed E-state index contributed by atoms with van der Waals surface area (Å²) in [6.07, 6.45) is -3.93. The van der Waals surface area contributed by atoms with Crippen LogP contribution in [0.3, 0.4) is 0 Å². The number of aliphatic imine (C=N–C) groups is 1. The van der Waals surface area contributed by atoms with Crippen molar-refractivity contribution < 1.29 is 32.2 Å². The summed E-state index contributed by atoms with van der Waals surface area (Å²) in [5, 5.41) is 0. The van der Waals surface area contributed by atoms with E-state index in [0.717, 1.165) is 12.3 Å². The number of hydrogen-bond donors (Lipinski definition) is 0. The fourth-order valence-electron chi connectivity index (χ4n) is 1.85. The molecule has 0 amide bonds. The standard InChI is InChI=1S/C13H10F3NO4/c1-2-20-12(19)8-6-17-10-7(11(8)18)4-3-5-9(10)21-13(14,15)16/h3-6,8H,2H2,1H3. The molecular weight excluding hydrogens is 291 g/mol. The molecule has 21 heavy (non-hydrogen) atoms. The Kier molecular flexibility index (Phi) is 3.97. The third-order valence-corrected chi connectivity index (χ3v) is 2.67. The number of para-hydroxylation sites is 1. The molecular formula is C13H10F3NO4. The summed E-state index contributed by atoms with van der Waals surface area (Å²) in [4.78, 5) is 27.4. The van der Waals surface area contributed by atoms with Gasteiger partial charge in [0, 0.05) is 11.8 Å². The van der Waals surface area contributed by atoms with Gasteiger partial charge in [-0.15, -0.1) is 13.2 Å². The van der Waals surface area contributed by atoms with Gasteiger partial charge in [0.1, 0.15) is 5.69 Å². The maximum Gasteiger partial charge on any atom is 0.573 e. The molecule has 0 aromatic heterocycles. The second-order valence-electron chi connectivity index (χ2n) is 4.07. The zero-order chi connectivity index (χ0) is 15.6. The number of rotatable bonds is 3. The topological polar surface area (TPSA) is 65.0 Å². The highest BCUT2D eigenvalue weighted by Gasteiger charge is 2.36. The number of carbonyl (C=O) groups is 2. The highest BCUT2D eigenvalue weighted by molar-refractivity contribution is 6.22. The van der Waals surface area contributed by atoms with Crippen molar-refractivity contribution in [2.45, 2.75) is 13.3 Å². The zero-order valence-corrected chi connectivity index (χ0v) is 10.8. The first-order valence-electron chi connectivity index (χ1n) is 5.97. The highest BCUT2D eigenvalue weighted by atomic mass is 19.4. The molecule has 1 aliphatic heterocycles. The Morgan fingerprint density at radius 3 is 2.71 bits per heavy atom. The lowest BCUT2D eigenvalue weighted by Crippen LogP contribution is -2.30. The smallest absolute Gasteiger partial charge is 0.465 e. The van der Waals surface area contributed by atoms with Crippen molar-refractivity contribution in [3.05, 3.63) is 23.8 Å². The van der Waals surface area contributed by atoms with Crippen LogP contribution in [-0.4, -0.2) is 30.9 Å². The van der Waals surface area contributed by atoms with Gasteiger partial charge >= 0.3 is 12.3 Å². The second kappa shape index (κ2) is 5.55. The van der Waals surface area contributed by atoms with Crippen LogP contribution in [0.1, 0.15) is 17.3 Å². The van der Waals surface area contributed by atoms with Crippen LogP contribution in [0.5, 0.6) is 5.75 Å². The van der Waals surface area contributed by atoms with E-state index in [9.17, 15) is 22.8 Å². The number of benzene rings is 1. The molecule has 0 saturated carbocycles. The van der Waals surface area contributed by atoms with Gasteiger partial charge in [-0.1, -0.05) is 6.07 Å². The largest absolute Gasteiger partial charge is 0.573 e. The van der Waals surface area contributed by atoms with Crippen molar-refractivity contribution in [2.24, 2.45) is 10.9 Å². The fraction of sp³-hybridized carbons (Fsp3) is 0.308. The van der Waals surface area contributed by atoms with Gasteiger partial charge in [-0.2, -0.15) is 0 Å². The van der Waals surface area contributed by atoms with Gasteiger partial charge in [0.15, 0.2) is 17.5 Å². The number of carbonyl (C=O) groups excluding carboxylic acids is 2. The van der Waals surface area contributed by atoms with Crippen molar-refractivity contribution in [3.8, 4) is 5.75 Å². The van der Waals surface area contributed by atoms with E-state index in [-0.39, 0.29) is 17.9 Å². The molecule has 8 heteroatoms. The van der Waals surface area contributed by atoms with Crippen molar-refractivity contribution in [1.29, 1.82) is 0 Å². The van der Waals surface area contributed by atoms with Crippen molar-refractivity contribution in [1.82, 2.24) is 0 Å². The van der Waals surface area contributed by atoms with Crippen LogP contribution >= 0.6 is 0 Å². The number of halogens is 3. The zero-order valence-electron chi connectivity index (χ0n) is 10.8. The van der Waals surface area contributed by atoms with Gasteiger partial charge in [0.2, 0.25) is 0 Å². The van der Waals surface area contributed by atoms with Gasteiger partial charge in [-0.05, 0) is 19.1 Å². The maximum absolute atomic E-state index is 12.3. The molecule has 1 atom stereocenters. The van der Waals surface area contributed by atoms with E-state index >= 15 is 0 Å². The molecule has 0 N–H and O–H groups in total. The van der Waals surface area contributed by atoms with Crippen LogP contribution in [0.2, 0.25) is 0 Å². The van der Waals surface area contributed by atoms with E-state index < -0.39 is 29.8 Å². The van der Waals surface area contributed by atoms with Gasteiger partial charge in [-0.25, -0.2) is 0 Å². The van der Waals surface area contributed by atoms with Crippen LogP contribution in [0.4, 0.5) is 18.9 Å². The van der Waals surface area contributed by atoms with Crippen LogP contribution in [-0.2, 0) is 9.53 Å². The Morgan fingerprint density at radius 1 is 1.38 bits per heavy atom. The van der Waals surface area contributed by atoms with Gasteiger partial charge < -0.3 is 9.47 Å². The van der Waals surface area contributed by atoms with Crippen molar-refractivity contribution >= 4 is 23.7 Å². The van der Waals surface area contributed by atoms with Gasteiger partial charge in [0.25, 0.3) is 0 Å². The third kappa shape index (κ3) is 3.21. The lowest BCUT2D eigenvalue weighted by atomic mass is 9.94. The predicted molar refractivity (Wildman–Crippen MR) is 65.7 cm³/mol.